The van der Waals surface area contributed by atoms with E-state index < -0.39 is 0 Å². The molecule has 0 spiro atoms. The summed E-state index contributed by atoms with van der Waals surface area (Å²) in [5.74, 6) is -0.104. The summed E-state index contributed by atoms with van der Waals surface area (Å²) >= 11 is 6.03. The maximum absolute atomic E-state index is 12.5. The maximum atomic E-state index is 12.5. The number of halogens is 1. The van der Waals surface area contributed by atoms with Crippen molar-refractivity contribution in [2.45, 2.75) is 39.0 Å². The third kappa shape index (κ3) is 4.89. The number of carbonyl (C=O) groups is 2. The van der Waals surface area contributed by atoms with Crippen LogP contribution in [0, 0.1) is 6.92 Å². The Labute approximate surface area is 164 Å². The SMILES string of the molecule is Cc1c(C(=O)NCCC(=O)N2CCCCCC2)cnn1-c1cccc(Cl)c1. The highest BCUT2D eigenvalue weighted by atomic mass is 35.5. The quantitative estimate of drug-likeness (QED) is 0.854. The van der Waals surface area contributed by atoms with Crippen molar-refractivity contribution < 1.29 is 9.59 Å². The molecular weight excluding hydrogens is 364 g/mol. The largest absolute Gasteiger partial charge is 0.351 e. The second kappa shape index (κ2) is 9.04. The van der Waals surface area contributed by atoms with Gasteiger partial charge in [0, 0.05) is 31.1 Å². The highest BCUT2D eigenvalue weighted by Gasteiger charge is 2.18. The molecule has 0 saturated carbocycles. The number of amides is 2. The van der Waals surface area contributed by atoms with Crippen LogP contribution in [-0.2, 0) is 4.79 Å². The van der Waals surface area contributed by atoms with E-state index in [1.165, 1.54) is 12.8 Å². The third-order valence-corrected chi connectivity index (χ3v) is 5.13. The molecule has 0 radical (unpaired) electrons. The highest BCUT2D eigenvalue weighted by molar-refractivity contribution is 6.30. The second-order valence-electron chi connectivity index (χ2n) is 6.84. The zero-order valence-corrected chi connectivity index (χ0v) is 16.3. The van der Waals surface area contributed by atoms with Gasteiger partial charge in [0.05, 0.1) is 23.1 Å². The van der Waals surface area contributed by atoms with Crippen molar-refractivity contribution in [3.05, 3.63) is 46.7 Å². The number of likely N-dealkylation sites (tertiary alicyclic amines) is 1. The lowest BCUT2D eigenvalue weighted by molar-refractivity contribution is -0.131. The number of benzene rings is 1. The number of nitrogens with one attached hydrogen (secondary N) is 1. The Morgan fingerprint density at radius 3 is 2.63 bits per heavy atom. The van der Waals surface area contributed by atoms with Gasteiger partial charge in [-0.15, -0.1) is 0 Å². The van der Waals surface area contributed by atoms with Crippen molar-refractivity contribution >= 4 is 23.4 Å². The standard InChI is InChI=1S/C20H25ClN4O2/c1-15-18(14-23-25(15)17-8-6-7-16(21)13-17)20(27)22-10-9-19(26)24-11-4-2-3-5-12-24/h6-8,13-14H,2-5,9-12H2,1H3,(H,22,27). The van der Waals surface area contributed by atoms with E-state index in [9.17, 15) is 9.59 Å². The van der Waals surface area contributed by atoms with Crippen molar-refractivity contribution in [1.82, 2.24) is 20.0 Å². The van der Waals surface area contributed by atoms with Crippen LogP contribution in [0.3, 0.4) is 0 Å². The van der Waals surface area contributed by atoms with E-state index in [4.69, 9.17) is 11.6 Å². The van der Waals surface area contributed by atoms with Crippen LogP contribution < -0.4 is 5.32 Å². The monoisotopic (exact) mass is 388 g/mol. The van der Waals surface area contributed by atoms with E-state index in [2.05, 4.69) is 10.4 Å². The molecule has 6 nitrogen and oxygen atoms in total. The fraction of sp³-hybridized carbons (Fsp3) is 0.450. The van der Waals surface area contributed by atoms with Gasteiger partial charge in [-0.1, -0.05) is 30.5 Å². The minimum atomic E-state index is -0.218. The molecule has 1 fully saturated rings. The fourth-order valence-corrected chi connectivity index (χ4v) is 3.54. The van der Waals surface area contributed by atoms with E-state index in [0.29, 0.717) is 23.6 Å². The van der Waals surface area contributed by atoms with Crippen LogP contribution in [0.1, 0.15) is 48.2 Å². The molecule has 1 aliphatic heterocycles. The van der Waals surface area contributed by atoms with Gasteiger partial charge in [0.2, 0.25) is 5.91 Å². The number of rotatable bonds is 5. The van der Waals surface area contributed by atoms with Gasteiger partial charge in [0.1, 0.15) is 0 Å². The van der Waals surface area contributed by atoms with Crippen LogP contribution >= 0.6 is 11.6 Å². The highest BCUT2D eigenvalue weighted by Crippen LogP contribution is 2.18. The summed E-state index contributed by atoms with van der Waals surface area (Å²) in [6, 6.07) is 7.31. The fourth-order valence-electron chi connectivity index (χ4n) is 3.36. The van der Waals surface area contributed by atoms with Crippen LogP contribution in [0.4, 0.5) is 0 Å². The molecule has 1 saturated heterocycles. The topological polar surface area (TPSA) is 67.2 Å². The first-order chi connectivity index (χ1) is 13.1. The molecule has 3 rings (SSSR count). The summed E-state index contributed by atoms with van der Waals surface area (Å²) in [6.07, 6.45) is 6.39. The zero-order valence-electron chi connectivity index (χ0n) is 15.6. The lowest BCUT2D eigenvalue weighted by Gasteiger charge is -2.20. The Hall–Kier alpha value is -2.34. The minimum absolute atomic E-state index is 0.114. The van der Waals surface area contributed by atoms with E-state index in [1.807, 2.05) is 24.0 Å². The van der Waals surface area contributed by atoms with Crippen molar-refractivity contribution in [1.29, 1.82) is 0 Å². The van der Waals surface area contributed by atoms with Crippen LogP contribution in [0.25, 0.3) is 5.69 Å². The number of hydrogen-bond acceptors (Lipinski definition) is 3. The summed E-state index contributed by atoms with van der Waals surface area (Å²) in [7, 11) is 0. The summed E-state index contributed by atoms with van der Waals surface area (Å²) in [4.78, 5) is 26.7. The molecule has 2 heterocycles. The molecule has 27 heavy (non-hydrogen) atoms. The zero-order chi connectivity index (χ0) is 19.2. The van der Waals surface area contributed by atoms with Gasteiger partial charge in [-0.25, -0.2) is 4.68 Å². The normalized spacial score (nSPS) is 14.7. The smallest absolute Gasteiger partial charge is 0.254 e. The van der Waals surface area contributed by atoms with Crippen molar-refractivity contribution in [3.8, 4) is 5.69 Å². The van der Waals surface area contributed by atoms with Gasteiger partial charge in [-0.3, -0.25) is 9.59 Å². The molecule has 1 aromatic heterocycles. The Kier molecular flexibility index (Phi) is 6.50. The lowest BCUT2D eigenvalue weighted by atomic mass is 10.2. The first kappa shape index (κ1) is 19.4. The predicted octanol–water partition coefficient (Wildman–Crippen LogP) is 3.36. The van der Waals surface area contributed by atoms with Crippen LogP contribution in [0.15, 0.2) is 30.5 Å². The van der Waals surface area contributed by atoms with Gasteiger partial charge < -0.3 is 10.2 Å². The molecule has 1 aliphatic rings. The Morgan fingerprint density at radius 2 is 1.93 bits per heavy atom. The van der Waals surface area contributed by atoms with Crippen LogP contribution in [-0.4, -0.2) is 46.1 Å². The molecule has 0 unspecified atom stereocenters. The number of nitrogens with zero attached hydrogens (tertiary/aromatic N) is 3. The molecule has 1 aromatic carbocycles. The van der Waals surface area contributed by atoms with Gasteiger partial charge in [-0.2, -0.15) is 5.10 Å². The molecule has 0 atom stereocenters. The number of carbonyl (C=O) groups excluding carboxylic acids is 2. The predicted molar refractivity (Wildman–Crippen MR) is 105 cm³/mol. The Bertz CT molecular complexity index is 810. The Balaban J connectivity index is 1.56. The maximum Gasteiger partial charge on any atom is 0.254 e. The first-order valence-corrected chi connectivity index (χ1v) is 9.80. The van der Waals surface area contributed by atoms with Crippen molar-refractivity contribution in [3.63, 3.8) is 0 Å². The average Bonchev–Trinajstić information content (AvgIpc) is 2.86. The molecule has 0 bridgehead atoms. The van der Waals surface area contributed by atoms with Crippen LogP contribution in [0.5, 0.6) is 0 Å². The summed E-state index contributed by atoms with van der Waals surface area (Å²) in [5.41, 5.74) is 2.03. The lowest BCUT2D eigenvalue weighted by Crippen LogP contribution is -2.35. The molecule has 2 aromatic rings. The molecule has 0 aliphatic carbocycles. The minimum Gasteiger partial charge on any atom is -0.351 e. The van der Waals surface area contributed by atoms with Crippen LogP contribution in [0.2, 0.25) is 5.02 Å². The van der Waals surface area contributed by atoms with E-state index in [0.717, 1.165) is 37.3 Å². The van der Waals surface area contributed by atoms with Crippen molar-refractivity contribution in [2.75, 3.05) is 19.6 Å². The Morgan fingerprint density at radius 1 is 1.19 bits per heavy atom. The molecule has 144 valence electrons. The van der Waals surface area contributed by atoms with Gasteiger partial charge in [0.15, 0.2) is 0 Å². The number of hydrogen-bond donors (Lipinski definition) is 1. The molecular formula is C20H25ClN4O2. The van der Waals surface area contributed by atoms with Gasteiger partial charge >= 0.3 is 0 Å². The average molecular weight is 389 g/mol. The van der Waals surface area contributed by atoms with Gasteiger partial charge in [-0.05, 0) is 38.0 Å². The number of aromatic nitrogens is 2. The first-order valence-electron chi connectivity index (χ1n) is 9.43. The van der Waals surface area contributed by atoms with E-state index >= 15 is 0 Å². The molecule has 1 N–H and O–H groups in total. The van der Waals surface area contributed by atoms with Gasteiger partial charge in [0.25, 0.3) is 5.91 Å². The summed E-state index contributed by atoms with van der Waals surface area (Å²) in [6.45, 7) is 3.83. The van der Waals surface area contributed by atoms with Crippen molar-refractivity contribution in [2.24, 2.45) is 0 Å². The third-order valence-electron chi connectivity index (χ3n) is 4.89. The summed E-state index contributed by atoms with van der Waals surface area (Å²) < 4.78 is 1.68. The molecule has 2 amide bonds. The summed E-state index contributed by atoms with van der Waals surface area (Å²) in [5, 5.41) is 7.74. The van der Waals surface area contributed by atoms with E-state index in [-0.39, 0.29) is 11.8 Å². The molecule has 7 heteroatoms. The second-order valence-corrected chi connectivity index (χ2v) is 7.27. The van der Waals surface area contributed by atoms with E-state index in [1.54, 1.807) is 23.0 Å².